The molecular weight excluding hydrogens is 114 g/mol. The topological polar surface area (TPSA) is 46.2 Å². The van der Waals surface area contributed by atoms with Crippen molar-refractivity contribution in [3.05, 3.63) is 0 Å². The molecular formula is C7H17NO. The first-order chi connectivity index (χ1) is 4.22. The maximum atomic E-state index is 8.50. The van der Waals surface area contributed by atoms with Gasteiger partial charge in [-0.3, -0.25) is 0 Å². The van der Waals surface area contributed by atoms with Gasteiger partial charge in [0.1, 0.15) is 0 Å². The molecule has 9 heavy (non-hydrogen) atoms. The van der Waals surface area contributed by atoms with Crippen molar-refractivity contribution < 1.29 is 5.11 Å². The van der Waals surface area contributed by atoms with Crippen molar-refractivity contribution in [1.82, 2.24) is 0 Å². The van der Waals surface area contributed by atoms with Gasteiger partial charge in [0.2, 0.25) is 0 Å². The van der Waals surface area contributed by atoms with Crippen LogP contribution in [0.4, 0.5) is 0 Å². The molecule has 0 heterocycles. The molecule has 0 aliphatic rings. The van der Waals surface area contributed by atoms with E-state index in [2.05, 4.69) is 13.8 Å². The zero-order chi connectivity index (χ0) is 7.28. The lowest BCUT2D eigenvalue weighted by Gasteiger charge is -2.16. The molecule has 0 radical (unpaired) electrons. The van der Waals surface area contributed by atoms with E-state index in [-0.39, 0.29) is 12.6 Å². The van der Waals surface area contributed by atoms with E-state index in [1.807, 2.05) is 0 Å². The highest BCUT2D eigenvalue weighted by molar-refractivity contribution is 4.66. The van der Waals surface area contributed by atoms with Crippen molar-refractivity contribution in [3.63, 3.8) is 0 Å². The van der Waals surface area contributed by atoms with Crippen LogP contribution in [0.15, 0.2) is 0 Å². The molecule has 0 aromatic rings. The Kier molecular flexibility index (Phi) is 4.72. The Morgan fingerprint density at radius 2 is 2.11 bits per heavy atom. The quantitative estimate of drug-likeness (QED) is 0.591. The van der Waals surface area contributed by atoms with Gasteiger partial charge < -0.3 is 10.8 Å². The Morgan fingerprint density at radius 1 is 1.56 bits per heavy atom. The zero-order valence-electron chi connectivity index (χ0n) is 6.30. The molecule has 0 aromatic carbocycles. The molecule has 3 N–H and O–H groups in total. The van der Waals surface area contributed by atoms with E-state index < -0.39 is 0 Å². The predicted molar refractivity (Wildman–Crippen MR) is 39.1 cm³/mol. The SMILES string of the molecule is CC[C@@H](C)C(N)CCO. The first kappa shape index (κ1) is 8.92. The zero-order valence-corrected chi connectivity index (χ0v) is 6.30. The minimum atomic E-state index is 0.181. The van der Waals surface area contributed by atoms with Crippen molar-refractivity contribution in [3.8, 4) is 0 Å². The second-order valence-corrected chi connectivity index (χ2v) is 2.56. The average molecular weight is 131 g/mol. The molecule has 0 saturated carbocycles. The summed E-state index contributed by atoms with van der Waals surface area (Å²) in [5.74, 6) is 0.539. The van der Waals surface area contributed by atoms with Gasteiger partial charge in [-0.25, -0.2) is 0 Å². The Bertz CT molecular complexity index is 65.9. The summed E-state index contributed by atoms with van der Waals surface area (Å²) in [6, 6.07) is 0.181. The van der Waals surface area contributed by atoms with Gasteiger partial charge in [0, 0.05) is 12.6 Å². The summed E-state index contributed by atoms with van der Waals surface area (Å²) in [6.07, 6.45) is 1.83. The monoisotopic (exact) mass is 131 g/mol. The van der Waals surface area contributed by atoms with Crippen LogP contribution >= 0.6 is 0 Å². The molecule has 1 unspecified atom stereocenters. The fraction of sp³-hybridized carbons (Fsp3) is 1.00. The number of hydrogen-bond donors (Lipinski definition) is 2. The van der Waals surface area contributed by atoms with Crippen LogP contribution in [0.25, 0.3) is 0 Å². The van der Waals surface area contributed by atoms with Crippen LogP contribution in [-0.2, 0) is 0 Å². The number of nitrogens with two attached hydrogens (primary N) is 1. The lowest BCUT2D eigenvalue weighted by molar-refractivity contribution is 0.257. The van der Waals surface area contributed by atoms with Gasteiger partial charge in [0.25, 0.3) is 0 Å². The van der Waals surface area contributed by atoms with Gasteiger partial charge >= 0.3 is 0 Å². The molecule has 0 amide bonds. The van der Waals surface area contributed by atoms with Gasteiger partial charge in [0.15, 0.2) is 0 Å². The summed E-state index contributed by atoms with van der Waals surface area (Å²) in [7, 11) is 0. The van der Waals surface area contributed by atoms with Gasteiger partial charge in [0.05, 0.1) is 0 Å². The minimum absolute atomic E-state index is 0.181. The van der Waals surface area contributed by atoms with Crippen molar-refractivity contribution in [2.75, 3.05) is 6.61 Å². The summed E-state index contributed by atoms with van der Waals surface area (Å²) in [4.78, 5) is 0. The third-order valence-corrected chi connectivity index (χ3v) is 1.84. The Labute approximate surface area is 57.1 Å². The molecule has 2 nitrogen and oxygen atoms in total. The normalized spacial score (nSPS) is 17.3. The smallest absolute Gasteiger partial charge is 0.0445 e. The largest absolute Gasteiger partial charge is 0.396 e. The summed E-state index contributed by atoms with van der Waals surface area (Å²) in [6.45, 7) is 4.44. The molecule has 0 aliphatic heterocycles. The Morgan fingerprint density at radius 3 is 2.44 bits per heavy atom. The molecule has 56 valence electrons. The van der Waals surface area contributed by atoms with Crippen LogP contribution in [0.5, 0.6) is 0 Å². The third kappa shape index (κ3) is 3.49. The van der Waals surface area contributed by atoms with E-state index in [1.54, 1.807) is 0 Å². The van der Waals surface area contributed by atoms with Crippen molar-refractivity contribution in [2.24, 2.45) is 11.7 Å². The maximum absolute atomic E-state index is 8.50. The number of hydrogen-bond acceptors (Lipinski definition) is 2. The molecule has 0 saturated heterocycles. The third-order valence-electron chi connectivity index (χ3n) is 1.84. The molecule has 0 rings (SSSR count). The number of rotatable bonds is 4. The van der Waals surface area contributed by atoms with E-state index >= 15 is 0 Å². The predicted octanol–water partition coefficient (Wildman–Crippen LogP) is 0.742. The summed E-state index contributed by atoms with van der Waals surface area (Å²) >= 11 is 0. The van der Waals surface area contributed by atoms with Crippen molar-refractivity contribution >= 4 is 0 Å². The van der Waals surface area contributed by atoms with Crippen LogP contribution in [0.2, 0.25) is 0 Å². The van der Waals surface area contributed by atoms with Crippen molar-refractivity contribution in [1.29, 1.82) is 0 Å². The molecule has 0 aromatic heterocycles. The summed E-state index contributed by atoms with van der Waals surface area (Å²) < 4.78 is 0. The molecule has 2 atom stereocenters. The highest BCUT2D eigenvalue weighted by atomic mass is 16.3. The van der Waals surface area contributed by atoms with Crippen LogP contribution in [0.3, 0.4) is 0 Å². The molecule has 0 aliphatic carbocycles. The highest BCUT2D eigenvalue weighted by Gasteiger charge is 2.08. The lowest BCUT2D eigenvalue weighted by Crippen LogP contribution is -2.28. The highest BCUT2D eigenvalue weighted by Crippen LogP contribution is 2.07. The van der Waals surface area contributed by atoms with E-state index in [0.717, 1.165) is 12.8 Å². The van der Waals surface area contributed by atoms with E-state index in [1.165, 1.54) is 0 Å². The van der Waals surface area contributed by atoms with E-state index in [4.69, 9.17) is 10.8 Å². The Balaban J connectivity index is 3.32. The minimum Gasteiger partial charge on any atom is -0.396 e. The maximum Gasteiger partial charge on any atom is 0.0445 e. The van der Waals surface area contributed by atoms with Crippen molar-refractivity contribution in [2.45, 2.75) is 32.7 Å². The van der Waals surface area contributed by atoms with Gasteiger partial charge in [-0.05, 0) is 12.3 Å². The lowest BCUT2D eigenvalue weighted by atomic mass is 9.98. The summed E-state index contributed by atoms with van der Waals surface area (Å²) in [5.41, 5.74) is 5.68. The molecule has 0 spiro atoms. The fourth-order valence-corrected chi connectivity index (χ4v) is 0.736. The number of aliphatic hydroxyl groups is 1. The first-order valence-electron chi connectivity index (χ1n) is 3.58. The standard InChI is InChI=1S/C7H17NO/c1-3-6(2)7(8)4-5-9/h6-7,9H,3-5,8H2,1-2H3/t6-,7?/m1/s1. The van der Waals surface area contributed by atoms with Gasteiger partial charge in [-0.2, -0.15) is 0 Å². The second-order valence-electron chi connectivity index (χ2n) is 2.56. The van der Waals surface area contributed by atoms with Crippen LogP contribution < -0.4 is 5.73 Å². The second kappa shape index (κ2) is 4.77. The van der Waals surface area contributed by atoms with E-state index in [0.29, 0.717) is 5.92 Å². The van der Waals surface area contributed by atoms with Crippen LogP contribution in [-0.4, -0.2) is 17.8 Å². The molecule has 0 fully saturated rings. The first-order valence-corrected chi connectivity index (χ1v) is 3.58. The van der Waals surface area contributed by atoms with E-state index in [9.17, 15) is 0 Å². The van der Waals surface area contributed by atoms with Crippen LogP contribution in [0.1, 0.15) is 26.7 Å². The fourth-order valence-electron chi connectivity index (χ4n) is 0.736. The Hall–Kier alpha value is -0.0800. The van der Waals surface area contributed by atoms with Gasteiger partial charge in [-0.1, -0.05) is 20.3 Å². The molecule has 2 heteroatoms. The number of aliphatic hydroxyl groups excluding tert-OH is 1. The van der Waals surface area contributed by atoms with Gasteiger partial charge in [-0.15, -0.1) is 0 Å². The summed E-state index contributed by atoms with van der Waals surface area (Å²) in [5, 5.41) is 8.50. The average Bonchev–Trinajstić information content (AvgIpc) is 1.87. The molecule has 0 bridgehead atoms. The van der Waals surface area contributed by atoms with Crippen LogP contribution in [0, 0.1) is 5.92 Å².